The fourth-order valence-corrected chi connectivity index (χ4v) is 2.39. The fourth-order valence-electron chi connectivity index (χ4n) is 2.39. The van der Waals surface area contributed by atoms with Gasteiger partial charge in [0.1, 0.15) is 16.9 Å². The summed E-state index contributed by atoms with van der Waals surface area (Å²) in [7, 11) is 0. The number of carbonyl (C=O) groups is 3. The van der Waals surface area contributed by atoms with Crippen molar-refractivity contribution in [3.8, 4) is 0 Å². The number of aldehydes is 1. The number of nitrogens with zero attached hydrogens (tertiary/aromatic N) is 2. The number of carbonyl (C=O) groups excluding carboxylic acids is 3. The highest BCUT2D eigenvalue weighted by Crippen LogP contribution is 2.30. The molecule has 0 bridgehead atoms. The van der Waals surface area contributed by atoms with E-state index in [1.165, 1.54) is 6.20 Å². The number of hydrogen-bond donors (Lipinski definition) is 0. The molecule has 0 atom stereocenters. The molecule has 2 rings (SSSR count). The van der Waals surface area contributed by atoms with Gasteiger partial charge in [0.25, 0.3) is 0 Å². The van der Waals surface area contributed by atoms with Crippen LogP contribution in [0.5, 0.6) is 0 Å². The van der Waals surface area contributed by atoms with Crippen molar-refractivity contribution in [3.63, 3.8) is 0 Å². The van der Waals surface area contributed by atoms with Crippen molar-refractivity contribution in [2.75, 3.05) is 4.90 Å². The van der Waals surface area contributed by atoms with Crippen LogP contribution in [-0.4, -0.2) is 34.7 Å². The number of hydrogen-bond acceptors (Lipinski definition) is 6. The number of fused-ring (bicyclic) bond motifs is 1. The maximum atomic E-state index is 12.8. The number of imide groups is 1. The Balaban J connectivity index is 2.63. The molecule has 0 saturated heterocycles. The molecule has 1 aromatic heterocycles. The van der Waals surface area contributed by atoms with Gasteiger partial charge in [-0.05, 0) is 53.7 Å². The maximum Gasteiger partial charge on any atom is 0.424 e. The summed E-state index contributed by atoms with van der Waals surface area (Å²) in [6.07, 6.45) is 0.331. The van der Waals surface area contributed by atoms with Gasteiger partial charge in [-0.1, -0.05) is 12.1 Å². The van der Waals surface area contributed by atoms with E-state index < -0.39 is 23.4 Å². The minimum absolute atomic E-state index is 0.211. The Morgan fingerprint density at radius 2 is 1.48 bits per heavy atom. The van der Waals surface area contributed by atoms with Gasteiger partial charge in [-0.3, -0.25) is 9.78 Å². The SMILES string of the molecule is CC(C)(C)OC(=O)N(C(=O)OC(C)(C)C)c1cccc2c(C=O)nccc12. The van der Waals surface area contributed by atoms with Crippen LogP contribution in [-0.2, 0) is 9.47 Å². The molecule has 27 heavy (non-hydrogen) atoms. The van der Waals surface area contributed by atoms with E-state index in [0.29, 0.717) is 17.1 Å². The first-order valence-corrected chi connectivity index (χ1v) is 8.52. The standard InChI is InChI=1S/C20H24N2O5/c1-19(2,3)26-17(24)22(18(25)27-20(4,5)6)16-9-7-8-13-14(16)10-11-21-15(13)12-23/h7-12H,1-6H3. The molecule has 144 valence electrons. The Labute approximate surface area is 158 Å². The monoisotopic (exact) mass is 372 g/mol. The van der Waals surface area contributed by atoms with E-state index in [-0.39, 0.29) is 11.4 Å². The first-order valence-electron chi connectivity index (χ1n) is 8.52. The van der Waals surface area contributed by atoms with E-state index >= 15 is 0 Å². The zero-order chi connectivity index (χ0) is 20.4. The van der Waals surface area contributed by atoms with E-state index in [4.69, 9.17) is 9.47 Å². The van der Waals surface area contributed by atoms with Gasteiger partial charge in [-0.2, -0.15) is 4.90 Å². The number of benzene rings is 1. The molecule has 1 heterocycles. The van der Waals surface area contributed by atoms with Gasteiger partial charge in [-0.25, -0.2) is 9.59 Å². The normalized spacial score (nSPS) is 11.8. The van der Waals surface area contributed by atoms with Crippen LogP contribution in [0.2, 0.25) is 0 Å². The number of aromatic nitrogens is 1. The molecule has 0 aliphatic heterocycles. The van der Waals surface area contributed by atoms with E-state index in [2.05, 4.69) is 4.98 Å². The van der Waals surface area contributed by atoms with E-state index in [9.17, 15) is 14.4 Å². The third-order valence-corrected chi connectivity index (χ3v) is 3.32. The highest BCUT2D eigenvalue weighted by atomic mass is 16.6. The first kappa shape index (κ1) is 20.4. The van der Waals surface area contributed by atoms with Crippen molar-refractivity contribution in [2.45, 2.75) is 52.7 Å². The average Bonchev–Trinajstić information content (AvgIpc) is 2.51. The zero-order valence-electron chi connectivity index (χ0n) is 16.4. The summed E-state index contributed by atoms with van der Waals surface area (Å²) >= 11 is 0. The number of pyridine rings is 1. The van der Waals surface area contributed by atoms with Crippen LogP contribution in [0, 0.1) is 0 Å². The first-order chi connectivity index (χ1) is 12.4. The van der Waals surface area contributed by atoms with Crippen LogP contribution in [0.25, 0.3) is 10.8 Å². The number of rotatable bonds is 2. The second-order valence-corrected chi connectivity index (χ2v) is 7.98. The van der Waals surface area contributed by atoms with E-state index in [1.54, 1.807) is 65.8 Å². The Kier molecular flexibility index (Phi) is 5.54. The molecule has 2 aromatic rings. The smallest absolute Gasteiger partial charge is 0.424 e. The van der Waals surface area contributed by atoms with Crippen molar-refractivity contribution in [1.29, 1.82) is 0 Å². The number of ether oxygens (including phenoxy) is 2. The molecule has 0 unspecified atom stereocenters. The third-order valence-electron chi connectivity index (χ3n) is 3.32. The Morgan fingerprint density at radius 1 is 0.926 bits per heavy atom. The predicted molar refractivity (Wildman–Crippen MR) is 102 cm³/mol. The Bertz CT molecular complexity index is 850. The van der Waals surface area contributed by atoms with Crippen molar-refractivity contribution >= 4 is 34.9 Å². The molecule has 1 aromatic carbocycles. The lowest BCUT2D eigenvalue weighted by molar-refractivity contribution is 0.0431. The van der Waals surface area contributed by atoms with Crippen molar-refractivity contribution in [3.05, 3.63) is 36.2 Å². The van der Waals surface area contributed by atoms with Gasteiger partial charge >= 0.3 is 12.2 Å². The average molecular weight is 372 g/mol. The van der Waals surface area contributed by atoms with Crippen LogP contribution >= 0.6 is 0 Å². The van der Waals surface area contributed by atoms with Crippen LogP contribution in [0.15, 0.2) is 30.5 Å². The fraction of sp³-hybridized carbons (Fsp3) is 0.400. The Hall–Kier alpha value is -2.96. The molecule has 7 heteroatoms. The molecule has 0 saturated carbocycles. The molecule has 0 N–H and O–H groups in total. The molecular formula is C20H24N2O5. The van der Waals surface area contributed by atoms with Gasteiger partial charge in [-0.15, -0.1) is 0 Å². The molecule has 0 spiro atoms. The highest BCUT2D eigenvalue weighted by Gasteiger charge is 2.33. The lowest BCUT2D eigenvalue weighted by Gasteiger charge is -2.29. The van der Waals surface area contributed by atoms with Crippen LogP contribution < -0.4 is 4.90 Å². The quantitative estimate of drug-likeness (QED) is 0.709. The van der Waals surface area contributed by atoms with Crippen LogP contribution in [0.3, 0.4) is 0 Å². The minimum atomic E-state index is -0.867. The Morgan fingerprint density at radius 3 is 1.96 bits per heavy atom. The summed E-state index contributed by atoms with van der Waals surface area (Å²) in [4.78, 5) is 41.7. The molecule has 0 aliphatic carbocycles. The summed E-state index contributed by atoms with van der Waals surface area (Å²) in [5.41, 5.74) is -1.15. The summed E-state index contributed by atoms with van der Waals surface area (Å²) in [5, 5.41) is 1.02. The summed E-state index contributed by atoms with van der Waals surface area (Å²) in [6, 6.07) is 6.54. The predicted octanol–water partition coefficient (Wildman–Crippen LogP) is 4.72. The molecule has 0 fully saturated rings. The van der Waals surface area contributed by atoms with E-state index in [1.807, 2.05) is 0 Å². The summed E-state index contributed by atoms with van der Waals surface area (Å²) in [5.74, 6) is 0. The maximum absolute atomic E-state index is 12.8. The van der Waals surface area contributed by atoms with Gasteiger partial charge < -0.3 is 9.47 Å². The van der Waals surface area contributed by atoms with Gasteiger partial charge in [0.2, 0.25) is 0 Å². The second kappa shape index (κ2) is 7.34. The van der Waals surface area contributed by atoms with Crippen LogP contribution in [0.4, 0.5) is 15.3 Å². The molecule has 0 radical (unpaired) electrons. The minimum Gasteiger partial charge on any atom is -0.443 e. The number of anilines is 1. The molecule has 0 aliphatic rings. The summed E-state index contributed by atoms with van der Waals surface area (Å²) < 4.78 is 10.8. The largest absolute Gasteiger partial charge is 0.443 e. The van der Waals surface area contributed by atoms with Gasteiger partial charge in [0.05, 0.1) is 5.69 Å². The molecule has 7 nitrogen and oxygen atoms in total. The summed E-state index contributed by atoms with van der Waals surface area (Å²) in [6.45, 7) is 10.2. The van der Waals surface area contributed by atoms with Crippen molar-refractivity contribution in [2.24, 2.45) is 0 Å². The highest BCUT2D eigenvalue weighted by molar-refractivity contribution is 6.16. The second-order valence-electron chi connectivity index (χ2n) is 7.98. The van der Waals surface area contributed by atoms with Gasteiger partial charge in [0, 0.05) is 17.0 Å². The van der Waals surface area contributed by atoms with Crippen molar-refractivity contribution < 1.29 is 23.9 Å². The molecule has 2 amide bonds. The lowest BCUT2D eigenvalue weighted by atomic mass is 10.1. The number of amides is 2. The lowest BCUT2D eigenvalue weighted by Crippen LogP contribution is -2.43. The topological polar surface area (TPSA) is 85.8 Å². The molecular weight excluding hydrogens is 348 g/mol. The van der Waals surface area contributed by atoms with E-state index in [0.717, 1.165) is 4.90 Å². The van der Waals surface area contributed by atoms with Crippen LogP contribution in [0.1, 0.15) is 52.0 Å². The zero-order valence-corrected chi connectivity index (χ0v) is 16.4. The third kappa shape index (κ3) is 5.03. The van der Waals surface area contributed by atoms with Gasteiger partial charge in [0.15, 0.2) is 6.29 Å². The van der Waals surface area contributed by atoms with Crippen molar-refractivity contribution in [1.82, 2.24) is 4.98 Å².